The van der Waals surface area contributed by atoms with Gasteiger partial charge < -0.3 is 10.2 Å². The lowest BCUT2D eigenvalue weighted by atomic mass is 10.2. The van der Waals surface area contributed by atoms with Gasteiger partial charge >= 0.3 is 0 Å². The van der Waals surface area contributed by atoms with Crippen molar-refractivity contribution < 1.29 is 4.79 Å². The van der Waals surface area contributed by atoms with E-state index in [1.54, 1.807) is 35.5 Å². The van der Waals surface area contributed by atoms with E-state index in [0.29, 0.717) is 12.1 Å². The van der Waals surface area contributed by atoms with Crippen LogP contribution in [0.4, 0.5) is 5.82 Å². The second kappa shape index (κ2) is 6.33. The van der Waals surface area contributed by atoms with Gasteiger partial charge in [-0.15, -0.1) is 11.3 Å². The first-order valence-corrected chi connectivity index (χ1v) is 7.06. The van der Waals surface area contributed by atoms with Crippen LogP contribution < -0.4 is 5.32 Å². The number of hydrogen-bond acceptors (Lipinski definition) is 4. The number of nitrogens with zero attached hydrogens (tertiary/aromatic N) is 2. The van der Waals surface area contributed by atoms with Crippen LogP contribution in [0, 0.1) is 0 Å². The van der Waals surface area contributed by atoms with E-state index in [4.69, 9.17) is 0 Å². The Hall–Kier alpha value is -1.88. The van der Waals surface area contributed by atoms with Crippen LogP contribution in [0.3, 0.4) is 0 Å². The first-order valence-electron chi connectivity index (χ1n) is 6.18. The number of hydrogen-bond donors (Lipinski definition) is 1. The molecule has 19 heavy (non-hydrogen) atoms. The highest BCUT2D eigenvalue weighted by Crippen LogP contribution is 2.13. The molecule has 0 saturated carbocycles. The fourth-order valence-electron chi connectivity index (χ4n) is 1.73. The zero-order valence-electron chi connectivity index (χ0n) is 11.1. The summed E-state index contributed by atoms with van der Waals surface area (Å²) in [5.74, 6) is 0.781. The number of carbonyl (C=O) groups is 1. The van der Waals surface area contributed by atoms with Crippen LogP contribution in [-0.4, -0.2) is 29.4 Å². The third-order valence-electron chi connectivity index (χ3n) is 2.69. The van der Waals surface area contributed by atoms with Crippen molar-refractivity contribution in [2.45, 2.75) is 13.5 Å². The van der Waals surface area contributed by atoms with Crippen LogP contribution in [0.25, 0.3) is 0 Å². The summed E-state index contributed by atoms with van der Waals surface area (Å²) in [6, 6.07) is 7.65. The van der Waals surface area contributed by atoms with E-state index >= 15 is 0 Å². The Morgan fingerprint density at radius 1 is 1.42 bits per heavy atom. The van der Waals surface area contributed by atoms with Gasteiger partial charge in [0.15, 0.2) is 0 Å². The van der Waals surface area contributed by atoms with Crippen LogP contribution >= 0.6 is 11.3 Å². The smallest absolute Gasteiger partial charge is 0.255 e. The summed E-state index contributed by atoms with van der Waals surface area (Å²) in [6.07, 6.45) is 1.62. The molecule has 1 amide bonds. The van der Waals surface area contributed by atoms with Crippen LogP contribution in [-0.2, 0) is 6.54 Å². The maximum Gasteiger partial charge on any atom is 0.255 e. The molecule has 2 heterocycles. The molecule has 0 unspecified atom stereocenters. The first kappa shape index (κ1) is 13.5. The second-order valence-corrected chi connectivity index (χ2v) is 5.24. The summed E-state index contributed by atoms with van der Waals surface area (Å²) in [7, 11) is 1.81. The predicted octanol–water partition coefficient (Wildman–Crippen LogP) is 2.85. The molecule has 2 aromatic heterocycles. The van der Waals surface area contributed by atoms with Crippen molar-refractivity contribution in [1.82, 2.24) is 9.88 Å². The third kappa shape index (κ3) is 3.54. The molecule has 0 saturated heterocycles. The highest BCUT2D eigenvalue weighted by atomic mass is 32.1. The van der Waals surface area contributed by atoms with Crippen LogP contribution in [0.2, 0.25) is 0 Å². The fourth-order valence-corrected chi connectivity index (χ4v) is 2.49. The Balaban J connectivity index is 2.02. The van der Waals surface area contributed by atoms with Gasteiger partial charge in [0.1, 0.15) is 5.82 Å². The molecule has 5 heteroatoms. The van der Waals surface area contributed by atoms with Gasteiger partial charge in [-0.05, 0) is 30.5 Å². The average Bonchev–Trinajstić information content (AvgIpc) is 2.92. The Labute approximate surface area is 117 Å². The zero-order chi connectivity index (χ0) is 13.7. The Bertz CT molecular complexity index is 522. The molecule has 0 aliphatic carbocycles. The second-order valence-electron chi connectivity index (χ2n) is 4.20. The van der Waals surface area contributed by atoms with Crippen molar-refractivity contribution in [2.75, 3.05) is 18.9 Å². The number of carbonyl (C=O) groups excluding carboxylic acids is 1. The maximum absolute atomic E-state index is 12.2. The van der Waals surface area contributed by atoms with E-state index in [-0.39, 0.29) is 5.91 Å². The Morgan fingerprint density at radius 2 is 2.26 bits per heavy atom. The topological polar surface area (TPSA) is 45.2 Å². The molecule has 0 spiro atoms. The molecule has 0 aliphatic heterocycles. The number of anilines is 1. The fraction of sp³-hybridized carbons (Fsp3) is 0.286. The average molecular weight is 275 g/mol. The van der Waals surface area contributed by atoms with Crippen molar-refractivity contribution in [3.05, 3.63) is 46.3 Å². The molecule has 0 atom stereocenters. The number of pyridine rings is 1. The lowest BCUT2D eigenvalue weighted by Crippen LogP contribution is -2.25. The highest BCUT2D eigenvalue weighted by Gasteiger charge is 2.12. The molecule has 2 rings (SSSR count). The SMILES string of the molecule is CCNc1ccc(C(=O)N(C)Cc2cccs2)cn1. The van der Waals surface area contributed by atoms with E-state index in [9.17, 15) is 4.79 Å². The maximum atomic E-state index is 12.2. The molecule has 0 bridgehead atoms. The summed E-state index contributed by atoms with van der Waals surface area (Å²) >= 11 is 1.65. The third-order valence-corrected chi connectivity index (χ3v) is 3.55. The minimum absolute atomic E-state index is 0.0102. The number of aromatic nitrogens is 1. The molecule has 0 aliphatic rings. The quantitative estimate of drug-likeness (QED) is 0.912. The molecule has 1 N–H and O–H groups in total. The van der Waals surface area contributed by atoms with Crippen LogP contribution in [0.5, 0.6) is 0 Å². The van der Waals surface area contributed by atoms with Crippen molar-refractivity contribution in [3.8, 4) is 0 Å². The standard InChI is InChI=1S/C14H17N3OS/c1-3-15-13-7-6-11(9-16-13)14(18)17(2)10-12-5-4-8-19-12/h4-9H,3,10H2,1-2H3,(H,15,16). The Morgan fingerprint density at radius 3 is 2.84 bits per heavy atom. The van der Waals surface area contributed by atoms with E-state index < -0.39 is 0 Å². The summed E-state index contributed by atoms with van der Waals surface area (Å²) in [6.45, 7) is 3.46. The minimum Gasteiger partial charge on any atom is -0.370 e. The Kier molecular flexibility index (Phi) is 4.52. The molecule has 2 aromatic rings. The van der Waals surface area contributed by atoms with Crippen molar-refractivity contribution >= 4 is 23.1 Å². The van der Waals surface area contributed by atoms with Crippen LogP contribution in [0.15, 0.2) is 35.8 Å². The zero-order valence-corrected chi connectivity index (χ0v) is 11.9. The van der Waals surface area contributed by atoms with E-state index in [1.807, 2.05) is 30.5 Å². The minimum atomic E-state index is -0.0102. The molecule has 0 radical (unpaired) electrons. The van der Waals surface area contributed by atoms with Crippen molar-refractivity contribution in [3.63, 3.8) is 0 Å². The molecule has 0 fully saturated rings. The largest absolute Gasteiger partial charge is 0.370 e. The lowest BCUT2D eigenvalue weighted by Gasteiger charge is -2.16. The van der Waals surface area contributed by atoms with E-state index in [0.717, 1.165) is 12.4 Å². The first-order chi connectivity index (χ1) is 9.20. The number of rotatable bonds is 5. The molecular weight excluding hydrogens is 258 g/mol. The normalized spacial score (nSPS) is 10.2. The number of nitrogens with one attached hydrogen (secondary N) is 1. The summed E-state index contributed by atoms with van der Waals surface area (Å²) in [5.41, 5.74) is 0.612. The number of thiophene rings is 1. The van der Waals surface area contributed by atoms with Crippen molar-refractivity contribution in [1.29, 1.82) is 0 Å². The van der Waals surface area contributed by atoms with E-state index in [2.05, 4.69) is 10.3 Å². The van der Waals surface area contributed by atoms with Gasteiger partial charge in [-0.1, -0.05) is 6.07 Å². The molecule has 4 nitrogen and oxygen atoms in total. The summed E-state index contributed by atoms with van der Waals surface area (Å²) in [5, 5.41) is 5.12. The molecular formula is C14H17N3OS. The van der Waals surface area contributed by atoms with Gasteiger partial charge in [-0.3, -0.25) is 4.79 Å². The van der Waals surface area contributed by atoms with Gasteiger partial charge in [0.05, 0.1) is 12.1 Å². The molecule has 0 aromatic carbocycles. The van der Waals surface area contributed by atoms with Gasteiger partial charge in [0.25, 0.3) is 5.91 Å². The van der Waals surface area contributed by atoms with Gasteiger partial charge in [-0.25, -0.2) is 4.98 Å². The predicted molar refractivity (Wildman–Crippen MR) is 78.5 cm³/mol. The highest BCUT2D eigenvalue weighted by molar-refractivity contribution is 7.09. The van der Waals surface area contributed by atoms with Crippen molar-refractivity contribution in [2.24, 2.45) is 0 Å². The number of amides is 1. The van der Waals surface area contributed by atoms with Gasteiger partial charge in [0, 0.05) is 24.7 Å². The monoisotopic (exact) mass is 275 g/mol. The van der Waals surface area contributed by atoms with Crippen LogP contribution in [0.1, 0.15) is 22.2 Å². The summed E-state index contributed by atoms with van der Waals surface area (Å²) < 4.78 is 0. The lowest BCUT2D eigenvalue weighted by molar-refractivity contribution is 0.0786. The van der Waals surface area contributed by atoms with E-state index in [1.165, 1.54) is 4.88 Å². The van der Waals surface area contributed by atoms with Gasteiger partial charge in [-0.2, -0.15) is 0 Å². The summed E-state index contributed by atoms with van der Waals surface area (Å²) in [4.78, 5) is 19.3. The molecule has 100 valence electrons. The van der Waals surface area contributed by atoms with Gasteiger partial charge in [0.2, 0.25) is 0 Å².